The van der Waals surface area contributed by atoms with Crippen LogP contribution in [0.5, 0.6) is 5.75 Å². The molecule has 0 fully saturated rings. The van der Waals surface area contributed by atoms with Gasteiger partial charge in [-0.2, -0.15) is 0 Å². The molecule has 0 saturated heterocycles. The maximum Gasteiger partial charge on any atom is 0.251 e. The lowest BCUT2D eigenvalue weighted by Gasteiger charge is -2.24. The first-order chi connectivity index (χ1) is 11.3. The second-order valence-corrected chi connectivity index (χ2v) is 5.26. The molecule has 0 aliphatic heterocycles. The molecule has 24 heavy (non-hydrogen) atoms. The van der Waals surface area contributed by atoms with E-state index < -0.39 is 41.3 Å². The first-order valence-corrected chi connectivity index (χ1v) is 7.10. The van der Waals surface area contributed by atoms with Crippen LogP contribution in [0.2, 0.25) is 0 Å². The van der Waals surface area contributed by atoms with Gasteiger partial charge >= 0.3 is 0 Å². The lowest BCUT2D eigenvalue weighted by molar-refractivity contribution is 0.0644. The van der Waals surface area contributed by atoms with Crippen molar-refractivity contribution in [1.29, 1.82) is 0 Å². The number of ether oxygens (including phenoxy) is 1. The Balaban J connectivity index is 2.16. The Labute approximate surface area is 136 Å². The molecular weight excluding hydrogens is 323 g/mol. The average molecular weight is 339 g/mol. The normalized spacial score (nSPS) is 13.4. The lowest BCUT2D eigenvalue weighted by atomic mass is 10.0. The Kier molecular flexibility index (Phi) is 5.46. The van der Waals surface area contributed by atoms with Crippen molar-refractivity contribution in [3.8, 4) is 5.75 Å². The highest BCUT2D eigenvalue weighted by Crippen LogP contribution is 2.23. The molecular formula is C17H16F3NO3. The number of carbonyl (C=O) groups is 1. The van der Waals surface area contributed by atoms with Gasteiger partial charge in [0.1, 0.15) is 11.9 Å². The van der Waals surface area contributed by atoms with Gasteiger partial charge in [-0.05, 0) is 36.8 Å². The molecule has 2 aromatic rings. The molecule has 4 nitrogen and oxygen atoms in total. The van der Waals surface area contributed by atoms with Crippen LogP contribution < -0.4 is 5.32 Å². The summed E-state index contributed by atoms with van der Waals surface area (Å²) in [6.45, 7) is 1.64. The molecule has 0 aliphatic rings. The van der Waals surface area contributed by atoms with Crippen molar-refractivity contribution in [3.05, 3.63) is 65.0 Å². The van der Waals surface area contributed by atoms with Gasteiger partial charge in [0.05, 0.1) is 6.04 Å². The zero-order valence-electron chi connectivity index (χ0n) is 13.0. The van der Waals surface area contributed by atoms with Crippen LogP contribution >= 0.6 is 0 Å². The smallest absolute Gasteiger partial charge is 0.251 e. The molecule has 0 aromatic heterocycles. The molecule has 0 spiro atoms. The Morgan fingerprint density at radius 1 is 1.12 bits per heavy atom. The van der Waals surface area contributed by atoms with Crippen LogP contribution in [0.4, 0.5) is 13.2 Å². The van der Waals surface area contributed by atoms with Gasteiger partial charge < -0.3 is 15.2 Å². The summed E-state index contributed by atoms with van der Waals surface area (Å²) >= 11 is 0. The second kappa shape index (κ2) is 7.35. The topological polar surface area (TPSA) is 58.6 Å². The van der Waals surface area contributed by atoms with Gasteiger partial charge in [-0.25, -0.2) is 13.2 Å². The molecule has 0 unspecified atom stereocenters. The minimum Gasteiger partial charge on any atom is -0.503 e. The molecule has 0 heterocycles. The summed E-state index contributed by atoms with van der Waals surface area (Å²) in [6.07, 6.45) is -0.582. The fraction of sp³-hybridized carbons (Fsp3) is 0.235. The van der Waals surface area contributed by atoms with Crippen molar-refractivity contribution in [2.75, 3.05) is 7.11 Å². The van der Waals surface area contributed by atoms with Crippen LogP contribution in [-0.2, 0) is 4.74 Å². The van der Waals surface area contributed by atoms with Crippen LogP contribution in [0.25, 0.3) is 0 Å². The van der Waals surface area contributed by atoms with Crippen molar-refractivity contribution >= 4 is 5.91 Å². The molecule has 2 N–H and O–H groups in total. The SMILES string of the molecule is CO[C@@H](c1ccc(F)cc1)[C@H](C)NC(=O)c1cc(F)c(O)c(F)c1. The largest absolute Gasteiger partial charge is 0.503 e. The summed E-state index contributed by atoms with van der Waals surface area (Å²) in [4.78, 5) is 12.1. The van der Waals surface area contributed by atoms with Gasteiger partial charge in [-0.15, -0.1) is 0 Å². The van der Waals surface area contributed by atoms with Gasteiger partial charge in [0, 0.05) is 12.7 Å². The number of hydrogen-bond acceptors (Lipinski definition) is 3. The first-order valence-electron chi connectivity index (χ1n) is 7.10. The first kappa shape index (κ1) is 17.8. The van der Waals surface area contributed by atoms with E-state index in [0.29, 0.717) is 5.56 Å². The summed E-state index contributed by atoms with van der Waals surface area (Å²) in [6, 6.07) is 6.48. The fourth-order valence-electron chi connectivity index (χ4n) is 2.34. The number of rotatable bonds is 5. The van der Waals surface area contributed by atoms with Crippen molar-refractivity contribution in [3.63, 3.8) is 0 Å². The molecule has 2 atom stereocenters. The minimum atomic E-state index is -1.23. The third kappa shape index (κ3) is 3.86. The third-order valence-corrected chi connectivity index (χ3v) is 3.54. The maximum atomic E-state index is 13.3. The van der Waals surface area contributed by atoms with Crippen LogP contribution in [-0.4, -0.2) is 24.2 Å². The average Bonchev–Trinajstić information content (AvgIpc) is 2.54. The summed E-state index contributed by atoms with van der Waals surface area (Å²) in [5.74, 6) is -4.73. The second-order valence-electron chi connectivity index (χ2n) is 5.26. The maximum absolute atomic E-state index is 13.3. The van der Waals surface area contributed by atoms with E-state index >= 15 is 0 Å². The van der Waals surface area contributed by atoms with E-state index in [1.54, 1.807) is 6.92 Å². The van der Waals surface area contributed by atoms with Crippen molar-refractivity contribution in [2.24, 2.45) is 0 Å². The number of phenols is 1. The lowest BCUT2D eigenvalue weighted by Crippen LogP contribution is -2.37. The van der Waals surface area contributed by atoms with E-state index in [-0.39, 0.29) is 5.56 Å². The quantitative estimate of drug-likeness (QED) is 0.879. The standard InChI is InChI=1S/C17H16F3NO3/c1-9(16(24-2)10-3-5-12(18)6-4-10)21-17(23)11-7-13(19)15(22)14(20)8-11/h3-9,16,22H,1-2H3,(H,21,23)/t9-,16+/m0/s1. The van der Waals surface area contributed by atoms with Crippen molar-refractivity contribution in [2.45, 2.75) is 19.1 Å². The number of carbonyl (C=O) groups excluding carboxylic acids is 1. The predicted octanol–water partition coefficient (Wildman–Crippen LogP) is 3.32. The number of hydrogen-bond donors (Lipinski definition) is 2. The zero-order valence-corrected chi connectivity index (χ0v) is 13.0. The van der Waals surface area contributed by atoms with E-state index in [9.17, 15) is 18.0 Å². The minimum absolute atomic E-state index is 0.274. The summed E-state index contributed by atoms with van der Waals surface area (Å²) < 4.78 is 45.0. The summed E-state index contributed by atoms with van der Waals surface area (Å²) in [7, 11) is 1.43. The molecule has 0 aliphatic carbocycles. The monoisotopic (exact) mass is 339 g/mol. The number of amides is 1. The van der Waals surface area contributed by atoms with Gasteiger partial charge in [0.2, 0.25) is 0 Å². The molecule has 1 amide bonds. The van der Waals surface area contributed by atoms with Crippen LogP contribution in [0, 0.1) is 17.5 Å². The zero-order chi connectivity index (χ0) is 17.9. The molecule has 2 aromatic carbocycles. The van der Waals surface area contributed by atoms with E-state index in [4.69, 9.17) is 9.84 Å². The molecule has 2 rings (SSSR count). The van der Waals surface area contributed by atoms with Crippen LogP contribution in [0.15, 0.2) is 36.4 Å². The van der Waals surface area contributed by atoms with Crippen molar-refractivity contribution < 1.29 is 27.8 Å². The molecule has 0 radical (unpaired) electrons. The van der Waals surface area contributed by atoms with E-state index in [1.165, 1.54) is 31.4 Å². The number of methoxy groups -OCH3 is 1. The number of nitrogens with one attached hydrogen (secondary N) is 1. The predicted molar refractivity (Wildman–Crippen MR) is 81.1 cm³/mol. The summed E-state index contributed by atoms with van der Waals surface area (Å²) in [5.41, 5.74) is 0.360. The molecule has 0 saturated carbocycles. The van der Waals surface area contributed by atoms with Gasteiger partial charge in [0.25, 0.3) is 5.91 Å². The highest BCUT2D eigenvalue weighted by Gasteiger charge is 2.22. The van der Waals surface area contributed by atoms with Gasteiger partial charge in [-0.3, -0.25) is 4.79 Å². The Hall–Kier alpha value is -2.54. The number of phenolic OH excluding ortho intramolecular Hbond substituents is 1. The van der Waals surface area contributed by atoms with Crippen LogP contribution in [0.1, 0.15) is 28.9 Å². The van der Waals surface area contributed by atoms with E-state index in [2.05, 4.69) is 5.32 Å². The molecule has 128 valence electrons. The number of halogens is 3. The highest BCUT2D eigenvalue weighted by molar-refractivity contribution is 5.94. The Morgan fingerprint density at radius 3 is 2.17 bits per heavy atom. The van der Waals surface area contributed by atoms with Gasteiger partial charge in [-0.1, -0.05) is 12.1 Å². The summed E-state index contributed by atoms with van der Waals surface area (Å²) in [5, 5.41) is 11.6. The number of benzene rings is 2. The fourth-order valence-corrected chi connectivity index (χ4v) is 2.34. The Bertz CT molecular complexity index is 711. The van der Waals surface area contributed by atoms with Gasteiger partial charge in [0.15, 0.2) is 17.4 Å². The molecule has 7 heteroatoms. The Morgan fingerprint density at radius 2 is 1.67 bits per heavy atom. The van der Waals surface area contributed by atoms with E-state index in [0.717, 1.165) is 12.1 Å². The third-order valence-electron chi connectivity index (χ3n) is 3.54. The highest BCUT2D eigenvalue weighted by atomic mass is 19.1. The number of aromatic hydroxyl groups is 1. The van der Waals surface area contributed by atoms with Crippen molar-refractivity contribution in [1.82, 2.24) is 5.32 Å². The van der Waals surface area contributed by atoms with E-state index in [1.807, 2.05) is 0 Å². The van der Waals surface area contributed by atoms with Crippen LogP contribution in [0.3, 0.4) is 0 Å². The molecule has 0 bridgehead atoms.